The predicted molar refractivity (Wildman–Crippen MR) is 102 cm³/mol. The molecule has 138 valence electrons. The first-order valence-corrected chi connectivity index (χ1v) is 8.72. The van der Waals surface area contributed by atoms with Crippen molar-refractivity contribution >= 4 is 35.0 Å². The molecule has 0 atom stereocenters. The third kappa shape index (κ3) is 4.17. The number of ketones is 1. The molecule has 0 aliphatic carbocycles. The van der Waals surface area contributed by atoms with Gasteiger partial charge in [-0.3, -0.25) is 9.59 Å². The van der Waals surface area contributed by atoms with Crippen LogP contribution in [0.3, 0.4) is 0 Å². The fourth-order valence-electron chi connectivity index (χ4n) is 2.22. The van der Waals surface area contributed by atoms with E-state index in [9.17, 15) is 9.59 Å². The van der Waals surface area contributed by atoms with Gasteiger partial charge in [-0.25, -0.2) is 4.68 Å². The number of carbonyl (C=O) groups is 2. The average Bonchev–Trinajstić information content (AvgIpc) is 2.81. The fourth-order valence-corrected chi connectivity index (χ4v) is 2.71. The molecule has 0 saturated carbocycles. The normalized spacial score (nSPS) is 11.3. The maximum atomic E-state index is 13.1. The van der Waals surface area contributed by atoms with Gasteiger partial charge in [0.1, 0.15) is 5.56 Å². The van der Waals surface area contributed by atoms with E-state index in [2.05, 4.69) is 11.7 Å². The smallest absolute Gasteiger partial charge is 0.317 e. The van der Waals surface area contributed by atoms with Crippen LogP contribution in [-0.2, 0) is 11.3 Å². The van der Waals surface area contributed by atoms with Crippen LogP contribution in [0.1, 0.15) is 42.4 Å². The van der Waals surface area contributed by atoms with Gasteiger partial charge in [-0.15, -0.1) is 6.58 Å². The molecule has 1 aromatic carbocycles. The van der Waals surface area contributed by atoms with Gasteiger partial charge in [-0.1, -0.05) is 29.3 Å². The summed E-state index contributed by atoms with van der Waals surface area (Å²) in [6, 6.07) is 4.60. The molecule has 7 heteroatoms. The molecule has 26 heavy (non-hydrogen) atoms. The van der Waals surface area contributed by atoms with Gasteiger partial charge in [0.05, 0.1) is 22.7 Å². The molecule has 0 aliphatic rings. The Hall–Kier alpha value is -2.11. The number of carbonyl (C=O) groups excluding carboxylic acids is 2. The van der Waals surface area contributed by atoms with Crippen LogP contribution in [0.15, 0.2) is 30.9 Å². The van der Waals surface area contributed by atoms with E-state index in [4.69, 9.17) is 27.9 Å². The zero-order valence-electron chi connectivity index (χ0n) is 15.1. The molecule has 0 radical (unpaired) electrons. The first-order valence-electron chi connectivity index (χ1n) is 7.96. The van der Waals surface area contributed by atoms with E-state index < -0.39 is 17.2 Å². The monoisotopic (exact) mass is 394 g/mol. The molecule has 1 heterocycles. The zero-order chi connectivity index (χ0) is 19.6. The van der Waals surface area contributed by atoms with Crippen molar-refractivity contribution in [1.29, 1.82) is 0 Å². The highest BCUT2D eigenvalue weighted by molar-refractivity contribution is 6.37. The lowest BCUT2D eigenvalue weighted by atomic mass is 9.97. The first-order chi connectivity index (χ1) is 12.1. The molecule has 0 spiro atoms. The van der Waals surface area contributed by atoms with Crippen molar-refractivity contribution in [3.05, 3.63) is 57.7 Å². The van der Waals surface area contributed by atoms with Crippen molar-refractivity contribution in [3.63, 3.8) is 0 Å². The van der Waals surface area contributed by atoms with Crippen molar-refractivity contribution in [3.8, 4) is 5.88 Å². The van der Waals surface area contributed by atoms with Gasteiger partial charge < -0.3 is 4.74 Å². The summed E-state index contributed by atoms with van der Waals surface area (Å²) in [4.78, 5) is 25.4. The Morgan fingerprint density at radius 1 is 1.31 bits per heavy atom. The van der Waals surface area contributed by atoms with Gasteiger partial charge in [-0.05, 0) is 45.9 Å². The Labute approximate surface area is 162 Å². The van der Waals surface area contributed by atoms with Crippen LogP contribution in [-0.4, -0.2) is 21.5 Å². The van der Waals surface area contributed by atoms with Gasteiger partial charge in [0.2, 0.25) is 11.7 Å². The van der Waals surface area contributed by atoms with Crippen LogP contribution < -0.4 is 4.74 Å². The maximum Gasteiger partial charge on any atom is 0.317 e. The highest BCUT2D eigenvalue weighted by Gasteiger charge is 2.30. The molecular formula is C19H20Cl2N2O3. The molecule has 0 N–H and O–H groups in total. The lowest BCUT2D eigenvalue weighted by molar-refractivity contribution is -0.143. The molecule has 0 unspecified atom stereocenters. The number of benzene rings is 1. The van der Waals surface area contributed by atoms with E-state index in [1.165, 1.54) is 16.8 Å². The summed E-state index contributed by atoms with van der Waals surface area (Å²) in [7, 11) is 0. The number of allylic oxidation sites excluding steroid dienone is 1. The van der Waals surface area contributed by atoms with Crippen LogP contribution in [0.25, 0.3) is 0 Å². The number of ether oxygens (including phenoxy) is 1. The van der Waals surface area contributed by atoms with Gasteiger partial charge in [0, 0.05) is 10.6 Å². The fraction of sp³-hybridized carbons (Fsp3) is 0.316. The van der Waals surface area contributed by atoms with E-state index in [-0.39, 0.29) is 28.6 Å². The molecular weight excluding hydrogens is 375 g/mol. The minimum atomic E-state index is -0.741. The van der Waals surface area contributed by atoms with Crippen LogP contribution in [0.2, 0.25) is 10.0 Å². The lowest BCUT2D eigenvalue weighted by Gasteiger charge is -2.17. The Balaban J connectivity index is 2.58. The van der Waals surface area contributed by atoms with Gasteiger partial charge in [0.15, 0.2) is 0 Å². The van der Waals surface area contributed by atoms with Crippen molar-refractivity contribution < 1.29 is 14.3 Å². The quantitative estimate of drug-likeness (QED) is 0.412. The number of aromatic nitrogens is 2. The molecule has 5 nitrogen and oxygen atoms in total. The summed E-state index contributed by atoms with van der Waals surface area (Å²) >= 11 is 12.1. The van der Waals surface area contributed by atoms with E-state index in [0.29, 0.717) is 10.7 Å². The number of hydrogen-bond donors (Lipinski definition) is 0. The summed E-state index contributed by atoms with van der Waals surface area (Å²) in [5.41, 5.74) is 0.133. The van der Waals surface area contributed by atoms with E-state index >= 15 is 0 Å². The topological polar surface area (TPSA) is 61.2 Å². The molecule has 2 aromatic rings. The summed E-state index contributed by atoms with van der Waals surface area (Å²) in [5, 5.41) is 4.94. The summed E-state index contributed by atoms with van der Waals surface area (Å²) in [6.07, 6.45) is 1.60. The van der Waals surface area contributed by atoms with Crippen LogP contribution in [0.5, 0.6) is 5.88 Å². The summed E-state index contributed by atoms with van der Waals surface area (Å²) in [5.74, 6) is -0.784. The minimum Gasteiger partial charge on any atom is -0.406 e. The van der Waals surface area contributed by atoms with E-state index in [0.717, 1.165) is 0 Å². The Kier molecular flexibility index (Phi) is 5.94. The number of hydrogen-bond acceptors (Lipinski definition) is 4. The van der Waals surface area contributed by atoms with Gasteiger partial charge in [-0.2, -0.15) is 5.10 Å². The van der Waals surface area contributed by atoms with Crippen molar-refractivity contribution in [2.75, 3.05) is 0 Å². The molecule has 0 aliphatic heterocycles. The molecule has 0 bridgehead atoms. The SMILES string of the molecule is C=CCn1nc(C)c(C(=O)c2ccc(Cl)cc2Cl)c1OC(=O)C(C)(C)C. The van der Waals surface area contributed by atoms with Gasteiger partial charge >= 0.3 is 5.97 Å². The summed E-state index contributed by atoms with van der Waals surface area (Å²) < 4.78 is 6.98. The standard InChI is InChI=1S/C19H20Cl2N2O3/c1-6-9-23-17(26-18(25)19(3,4)5)15(11(2)22-23)16(24)13-8-7-12(20)10-14(13)21/h6-8,10H,1,9H2,2-5H3. The van der Waals surface area contributed by atoms with E-state index in [1.54, 1.807) is 39.8 Å². The Morgan fingerprint density at radius 2 is 1.96 bits per heavy atom. The maximum absolute atomic E-state index is 13.1. The van der Waals surface area contributed by atoms with Crippen molar-refractivity contribution in [2.24, 2.45) is 5.41 Å². The second kappa shape index (κ2) is 7.64. The minimum absolute atomic E-state index is 0.0818. The summed E-state index contributed by atoms with van der Waals surface area (Å²) in [6.45, 7) is 10.8. The Bertz CT molecular complexity index is 880. The number of halogens is 2. The number of nitrogens with zero attached hydrogens (tertiary/aromatic N) is 2. The highest BCUT2D eigenvalue weighted by atomic mass is 35.5. The van der Waals surface area contributed by atoms with Crippen LogP contribution in [0.4, 0.5) is 0 Å². The first kappa shape index (κ1) is 20.2. The molecule has 2 rings (SSSR count). The van der Waals surface area contributed by atoms with Crippen molar-refractivity contribution in [1.82, 2.24) is 9.78 Å². The molecule has 0 fully saturated rings. The lowest BCUT2D eigenvalue weighted by Crippen LogP contribution is -2.27. The molecule has 1 aromatic heterocycles. The number of aryl methyl sites for hydroxylation is 1. The highest BCUT2D eigenvalue weighted by Crippen LogP contribution is 2.31. The third-order valence-electron chi connectivity index (χ3n) is 3.59. The van der Waals surface area contributed by atoms with Crippen molar-refractivity contribution in [2.45, 2.75) is 34.2 Å². The van der Waals surface area contributed by atoms with Crippen LogP contribution in [0, 0.1) is 12.3 Å². The van der Waals surface area contributed by atoms with E-state index in [1.807, 2.05) is 0 Å². The zero-order valence-corrected chi connectivity index (χ0v) is 16.6. The average molecular weight is 395 g/mol. The largest absolute Gasteiger partial charge is 0.406 e. The molecule has 0 saturated heterocycles. The second-order valence-corrected chi connectivity index (χ2v) is 7.67. The second-order valence-electron chi connectivity index (χ2n) is 6.83. The number of rotatable bonds is 5. The number of esters is 1. The predicted octanol–water partition coefficient (Wildman–Crippen LogP) is 4.87. The van der Waals surface area contributed by atoms with Crippen LogP contribution >= 0.6 is 23.2 Å². The molecule has 0 amide bonds. The van der Waals surface area contributed by atoms with Gasteiger partial charge in [0.25, 0.3) is 0 Å². The third-order valence-corrected chi connectivity index (χ3v) is 4.14. The Morgan fingerprint density at radius 3 is 2.50 bits per heavy atom.